The number of carbonyl (C=O) groups excluding carboxylic acids is 3. The maximum absolute atomic E-state index is 14.2. The van der Waals surface area contributed by atoms with Crippen LogP contribution in [0.15, 0.2) is 64.3 Å². The summed E-state index contributed by atoms with van der Waals surface area (Å²) in [4.78, 5) is 39.4. The second kappa shape index (κ2) is 8.11. The Morgan fingerprint density at radius 2 is 1.67 bits per heavy atom. The molecule has 3 atom stereocenters. The lowest BCUT2D eigenvalue weighted by atomic mass is 9.69. The van der Waals surface area contributed by atoms with Gasteiger partial charge in [0.05, 0.1) is 12.2 Å². The Morgan fingerprint density at radius 1 is 1.09 bits per heavy atom. The van der Waals surface area contributed by atoms with Gasteiger partial charge in [-0.2, -0.15) is 13.2 Å². The molecule has 172 valence electrons. The monoisotopic (exact) mass is 524 g/mol. The highest BCUT2D eigenvalue weighted by atomic mass is 79.9. The van der Waals surface area contributed by atoms with Crippen molar-refractivity contribution in [3.05, 3.63) is 81.0 Å². The molecule has 6 nitrogen and oxygen atoms in total. The zero-order chi connectivity index (χ0) is 24.1. The summed E-state index contributed by atoms with van der Waals surface area (Å²) in [5, 5.41) is 10.8. The molecule has 0 unspecified atom stereocenters. The highest BCUT2D eigenvalue weighted by Crippen LogP contribution is 2.54. The number of fused-ring (bicyclic) bond motifs is 1. The van der Waals surface area contributed by atoms with Crippen molar-refractivity contribution in [2.75, 3.05) is 6.61 Å². The van der Waals surface area contributed by atoms with Gasteiger partial charge in [0.2, 0.25) is 5.78 Å². The summed E-state index contributed by atoms with van der Waals surface area (Å²) in [6, 6.07) is 11.4. The summed E-state index contributed by atoms with van der Waals surface area (Å²) in [6.45, 7) is 1.11. The molecule has 0 amide bonds. The number of aliphatic hydroxyl groups is 1. The number of allylic oxidation sites excluding steroid dienone is 2. The van der Waals surface area contributed by atoms with E-state index in [1.165, 1.54) is 55.5 Å². The van der Waals surface area contributed by atoms with E-state index in [0.717, 1.165) is 0 Å². The first-order valence-electron chi connectivity index (χ1n) is 9.84. The first kappa shape index (κ1) is 23.2. The highest BCUT2D eigenvalue weighted by Gasteiger charge is 2.70. The minimum atomic E-state index is -5.50. The van der Waals surface area contributed by atoms with Crippen molar-refractivity contribution >= 4 is 33.5 Å². The van der Waals surface area contributed by atoms with E-state index >= 15 is 0 Å². The van der Waals surface area contributed by atoms with Crippen molar-refractivity contribution < 1.29 is 42.1 Å². The van der Waals surface area contributed by atoms with Crippen LogP contribution in [0.1, 0.15) is 39.1 Å². The molecule has 10 heteroatoms. The second-order valence-corrected chi connectivity index (χ2v) is 8.42. The Labute approximate surface area is 194 Å². The van der Waals surface area contributed by atoms with E-state index in [1.807, 2.05) is 0 Å². The third kappa shape index (κ3) is 3.57. The molecule has 0 saturated heterocycles. The predicted molar refractivity (Wildman–Crippen MR) is 111 cm³/mol. The Morgan fingerprint density at radius 3 is 2.21 bits per heavy atom. The lowest BCUT2D eigenvalue weighted by Gasteiger charge is -2.45. The summed E-state index contributed by atoms with van der Waals surface area (Å²) >= 11 is 3.23. The van der Waals surface area contributed by atoms with Crippen LogP contribution in [0.2, 0.25) is 0 Å². The van der Waals surface area contributed by atoms with Gasteiger partial charge in [-0.25, -0.2) is 0 Å². The normalized spacial score (nSPS) is 24.7. The molecule has 1 heterocycles. The van der Waals surface area contributed by atoms with Crippen molar-refractivity contribution in [1.29, 1.82) is 0 Å². The van der Waals surface area contributed by atoms with Gasteiger partial charge >= 0.3 is 17.9 Å². The number of esters is 1. The lowest BCUT2D eigenvalue weighted by Crippen LogP contribution is -2.61. The fourth-order valence-corrected chi connectivity index (χ4v) is 4.42. The number of hydrogen-bond acceptors (Lipinski definition) is 6. The van der Waals surface area contributed by atoms with Crippen molar-refractivity contribution in [3.63, 3.8) is 0 Å². The Balaban J connectivity index is 2.05. The molecule has 0 radical (unpaired) electrons. The number of carbonyl (C=O) groups is 3. The fourth-order valence-electron chi connectivity index (χ4n) is 4.16. The number of rotatable bonds is 3. The Hall–Kier alpha value is -2.98. The van der Waals surface area contributed by atoms with E-state index in [2.05, 4.69) is 15.9 Å². The smallest absolute Gasteiger partial charge is 0.456 e. The van der Waals surface area contributed by atoms with E-state index < -0.39 is 52.7 Å². The van der Waals surface area contributed by atoms with Crippen molar-refractivity contribution in [1.82, 2.24) is 0 Å². The minimum absolute atomic E-state index is 0.0352. The number of ether oxygens (including phenoxy) is 2. The van der Waals surface area contributed by atoms with Crippen molar-refractivity contribution in [2.45, 2.75) is 24.8 Å². The maximum Gasteiger partial charge on any atom is 0.456 e. The first-order chi connectivity index (χ1) is 15.5. The Kier molecular flexibility index (Phi) is 5.69. The third-order valence-electron chi connectivity index (χ3n) is 5.61. The third-order valence-corrected chi connectivity index (χ3v) is 6.14. The summed E-state index contributed by atoms with van der Waals surface area (Å²) in [7, 11) is 0. The summed E-state index contributed by atoms with van der Waals surface area (Å²) in [6.07, 6.45) is -5.50. The topological polar surface area (TPSA) is 89.9 Å². The van der Waals surface area contributed by atoms with Crippen LogP contribution in [0.5, 0.6) is 0 Å². The van der Waals surface area contributed by atoms with Crippen molar-refractivity contribution in [2.24, 2.45) is 5.92 Å². The average molecular weight is 525 g/mol. The average Bonchev–Trinajstić information content (AvgIpc) is 2.76. The summed E-state index contributed by atoms with van der Waals surface area (Å²) in [5.74, 6) is -12.3. The zero-order valence-electron chi connectivity index (χ0n) is 17.0. The molecule has 1 N–H and O–H groups in total. The molecule has 0 saturated carbocycles. The van der Waals surface area contributed by atoms with Crippen LogP contribution >= 0.6 is 15.9 Å². The summed E-state index contributed by atoms with van der Waals surface area (Å²) in [5.41, 5.74) is -0.537. The van der Waals surface area contributed by atoms with Crippen LogP contribution in [0.25, 0.3) is 0 Å². The van der Waals surface area contributed by atoms with Crippen LogP contribution in [-0.2, 0) is 14.3 Å². The minimum Gasteiger partial charge on any atom is -0.466 e. The number of ketones is 2. The molecule has 0 fully saturated rings. The maximum atomic E-state index is 14.2. The zero-order valence-corrected chi connectivity index (χ0v) is 18.6. The number of halogens is 4. The number of Topliss-reactive ketones (excluding diaryl/α,β-unsaturated/α-hetero) is 2. The molecule has 2 aromatic carbocycles. The highest BCUT2D eigenvalue weighted by molar-refractivity contribution is 9.10. The Bertz CT molecular complexity index is 1190. The second-order valence-electron chi connectivity index (χ2n) is 7.50. The lowest BCUT2D eigenvalue weighted by molar-refractivity contribution is -0.375. The molecular weight excluding hydrogens is 509 g/mol. The number of alkyl halides is 3. The van der Waals surface area contributed by atoms with Crippen LogP contribution in [-0.4, -0.2) is 41.2 Å². The summed E-state index contributed by atoms with van der Waals surface area (Å²) < 4.78 is 52.9. The molecule has 2 aliphatic rings. The molecule has 0 spiro atoms. The first-order valence-corrected chi connectivity index (χ1v) is 10.6. The van der Waals surface area contributed by atoms with E-state index in [0.29, 0.717) is 4.47 Å². The number of benzene rings is 2. The van der Waals surface area contributed by atoms with Gasteiger partial charge < -0.3 is 14.6 Å². The van der Waals surface area contributed by atoms with Gasteiger partial charge in [0.1, 0.15) is 5.92 Å². The van der Waals surface area contributed by atoms with Gasteiger partial charge in [0.25, 0.3) is 0 Å². The van der Waals surface area contributed by atoms with E-state index in [4.69, 9.17) is 9.47 Å². The molecule has 1 aliphatic carbocycles. The molecule has 4 rings (SSSR count). The molecule has 0 aromatic heterocycles. The molecule has 33 heavy (non-hydrogen) atoms. The van der Waals surface area contributed by atoms with Crippen LogP contribution < -0.4 is 0 Å². The standard InChI is InChI=1S/C23H16BrF3O6/c1-2-32-21(30)17-15(11-7-9-12(24)10-8-11)16-18(28)13-5-3-4-6-14(13)19(29)20(16)33-22(17,31)23(25,26)27/h3-10,15,17,31H,2H2,1H3/t15-,17-,22+/m1/s1. The van der Waals surface area contributed by atoms with Gasteiger partial charge in [-0.05, 0) is 24.6 Å². The van der Waals surface area contributed by atoms with E-state index in [9.17, 15) is 32.7 Å². The van der Waals surface area contributed by atoms with Crippen LogP contribution in [0.4, 0.5) is 13.2 Å². The van der Waals surface area contributed by atoms with E-state index in [1.54, 1.807) is 0 Å². The van der Waals surface area contributed by atoms with Gasteiger partial charge in [-0.15, -0.1) is 0 Å². The molecule has 1 aliphatic heterocycles. The van der Waals surface area contributed by atoms with E-state index in [-0.39, 0.29) is 23.3 Å². The molecule has 2 aromatic rings. The SMILES string of the molecule is CCOC(=O)[C@H]1[C@H](c2ccc(Br)cc2)C2=C(O[C@]1(O)C(F)(F)F)C(=O)c1ccccc1C2=O. The molecular formula is C23H16BrF3O6. The van der Waals surface area contributed by atoms with Crippen LogP contribution in [0, 0.1) is 5.92 Å². The van der Waals surface area contributed by atoms with Gasteiger partial charge in [0, 0.05) is 21.5 Å². The molecule has 0 bridgehead atoms. The van der Waals surface area contributed by atoms with Gasteiger partial charge in [-0.1, -0.05) is 52.3 Å². The number of hydrogen-bond donors (Lipinski definition) is 1. The fraction of sp³-hybridized carbons (Fsp3) is 0.261. The van der Waals surface area contributed by atoms with Crippen molar-refractivity contribution in [3.8, 4) is 0 Å². The van der Waals surface area contributed by atoms with Gasteiger partial charge in [0.15, 0.2) is 11.5 Å². The predicted octanol–water partition coefficient (Wildman–Crippen LogP) is 4.33. The quantitative estimate of drug-likeness (QED) is 0.601. The van der Waals surface area contributed by atoms with Gasteiger partial charge in [-0.3, -0.25) is 14.4 Å². The van der Waals surface area contributed by atoms with Crippen LogP contribution in [0.3, 0.4) is 0 Å². The largest absolute Gasteiger partial charge is 0.466 e.